The van der Waals surface area contributed by atoms with E-state index < -0.39 is 6.04 Å². The van der Waals surface area contributed by atoms with E-state index in [1.807, 2.05) is 78.9 Å². The van der Waals surface area contributed by atoms with E-state index in [-0.39, 0.29) is 25.0 Å². The van der Waals surface area contributed by atoms with Gasteiger partial charge in [0.1, 0.15) is 11.8 Å². The highest BCUT2D eigenvalue weighted by Crippen LogP contribution is 2.33. The summed E-state index contributed by atoms with van der Waals surface area (Å²) in [5, 5.41) is 5.33. The molecular formula is C29H26BrClN2O3. The molecule has 0 spiro atoms. The zero-order valence-electron chi connectivity index (χ0n) is 19.8. The van der Waals surface area contributed by atoms with Crippen LogP contribution in [0, 0.1) is 0 Å². The Morgan fingerprint density at radius 2 is 1.67 bits per heavy atom. The molecule has 0 heterocycles. The molecule has 0 bridgehead atoms. The first-order valence-electron chi connectivity index (χ1n) is 11.6. The van der Waals surface area contributed by atoms with Gasteiger partial charge in [0.2, 0.25) is 5.91 Å². The number of amides is 2. The van der Waals surface area contributed by atoms with Crippen LogP contribution in [0.4, 0.5) is 0 Å². The predicted octanol–water partition coefficient (Wildman–Crippen LogP) is 6.02. The van der Waals surface area contributed by atoms with E-state index in [1.165, 1.54) is 0 Å². The molecule has 0 aromatic heterocycles. The van der Waals surface area contributed by atoms with Gasteiger partial charge in [-0.15, -0.1) is 0 Å². The first-order valence-corrected chi connectivity index (χ1v) is 12.7. The van der Waals surface area contributed by atoms with Gasteiger partial charge in [-0.2, -0.15) is 0 Å². The van der Waals surface area contributed by atoms with Crippen LogP contribution in [0.1, 0.15) is 11.1 Å². The second kappa shape index (κ2) is 12.1. The van der Waals surface area contributed by atoms with Crippen molar-refractivity contribution in [3.63, 3.8) is 0 Å². The standard InChI is InChI=1S/C29H26BrClN2O3/c1-32-29(35)25(17-20-8-3-2-4-9-20)33(18-21-10-7-12-23(31)16-21)27(34)19-36-26-15-14-22-11-5-6-13-24(22)28(26)30/h2-16,25H,17-19H2,1H3,(H,32,35). The third kappa shape index (κ3) is 6.25. The first kappa shape index (κ1) is 25.7. The maximum Gasteiger partial charge on any atom is 0.261 e. The van der Waals surface area contributed by atoms with Gasteiger partial charge in [0.15, 0.2) is 6.61 Å². The van der Waals surface area contributed by atoms with Crippen LogP contribution in [-0.4, -0.2) is 36.4 Å². The number of nitrogens with one attached hydrogen (secondary N) is 1. The normalized spacial score (nSPS) is 11.6. The molecule has 1 atom stereocenters. The summed E-state index contributed by atoms with van der Waals surface area (Å²) in [6.45, 7) is -0.00759. The van der Waals surface area contributed by atoms with Crippen LogP contribution in [0.2, 0.25) is 5.02 Å². The van der Waals surface area contributed by atoms with Crippen molar-refractivity contribution < 1.29 is 14.3 Å². The molecule has 0 aliphatic carbocycles. The predicted molar refractivity (Wildman–Crippen MR) is 147 cm³/mol. The number of halogens is 2. The van der Waals surface area contributed by atoms with Gasteiger partial charge in [0, 0.05) is 25.0 Å². The largest absolute Gasteiger partial charge is 0.483 e. The van der Waals surface area contributed by atoms with E-state index in [9.17, 15) is 9.59 Å². The summed E-state index contributed by atoms with van der Waals surface area (Å²) >= 11 is 9.81. The summed E-state index contributed by atoms with van der Waals surface area (Å²) in [7, 11) is 1.57. The SMILES string of the molecule is CNC(=O)C(Cc1ccccc1)N(Cc1cccc(Cl)c1)C(=O)COc1ccc2ccccc2c1Br. The van der Waals surface area contributed by atoms with Crippen LogP contribution >= 0.6 is 27.5 Å². The fourth-order valence-corrected chi connectivity index (χ4v) is 4.92. The number of carbonyl (C=O) groups is 2. The summed E-state index contributed by atoms with van der Waals surface area (Å²) in [5.74, 6) is 0.00462. The van der Waals surface area contributed by atoms with Gasteiger partial charge in [-0.05, 0) is 56.0 Å². The molecule has 0 fully saturated rings. The second-order valence-corrected chi connectivity index (χ2v) is 9.59. The first-order chi connectivity index (χ1) is 17.5. The maximum atomic E-state index is 13.6. The van der Waals surface area contributed by atoms with Gasteiger partial charge in [0.25, 0.3) is 5.91 Å². The highest BCUT2D eigenvalue weighted by atomic mass is 79.9. The number of hydrogen-bond acceptors (Lipinski definition) is 3. The molecule has 2 amide bonds. The summed E-state index contributed by atoms with van der Waals surface area (Å²) in [6.07, 6.45) is 0.368. The van der Waals surface area contributed by atoms with E-state index in [0.717, 1.165) is 26.4 Å². The number of rotatable bonds is 9. The third-order valence-corrected chi connectivity index (χ3v) is 6.99. The Morgan fingerprint density at radius 3 is 2.42 bits per heavy atom. The minimum atomic E-state index is -0.729. The minimum Gasteiger partial charge on any atom is -0.483 e. The number of benzene rings is 4. The van der Waals surface area contributed by atoms with Crippen LogP contribution in [0.5, 0.6) is 5.75 Å². The zero-order valence-corrected chi connectivity index (χ0v) is 22.1. The molecule has 5 nitrogen and oxygen atoms in total. The van der Waals surface area contributed by atoms with E-state index in [1.54, 1.807) is 24.1 Å². The van der Waals surface area contributed by atoms with Crippen molar-refractivity contribution in [2.24, 2.45) is 0 Å². The Kier molecular flexibility index (Phi) is 8.62. The lowest BCUT2D eigenvalue weighted by molar-refractivity contribution is -0.142. The molecule has 4 rings (SSSR count). The van der Waals surface area contributed by atoms with Gasteiger partial charge in [-0.25, -0.2) is 0 Å². The van der Waals surface area contributed by atoms with Crippen molar-refractivity contribution in [2.45, 2.75) is 19.0 Å². The van der Waals surface area contributed by atoms with Gasteiger partial charge in [-0.1, -0.05) is 84.4 Å². The summed E-state index contributed by atoms with van der Waals surface area (Å²) in [6, 6.07) is 27.9. The van der Waals surface area contributed by atoms with Gasteiger partial charge in [0.05, 0.1) is 4.47 Å². The van der Waals surface area contributed by atoms with E-state index in [4.69, 9.17) is 16.3 Å². The van der Waals surface area contributed by atoms with Crippen LogP contribution in [0.3, 0.4) is 0 Å². The fourth-order valence-electron chi connectivity index (χ4n) is 4.10. The van der Waals surface area contributed by atoms with E-state index in [0.29, 0.717) is 17.2 Å². The van der Waals surface area contributed by atoms with Crippen LogP contribution in [-0.2, 0) is 22.6 Å². The lowest BCUT2D eigenvalue weighted by atomic mass is 10.0. The van der Waals surface area contributed by atoms with Crippen molar-refractivity contribution in [2.75, 3.05) is 13.7 Å². The number of hydrogen-bond donors (Lipinski definition) is 1. The summed E-state index contributed by atoms with van der Waals surface area (Å²) in [4.78, 5) is 28.2. The molecule has 7 heteroatoms. The number of fused-ring (bicyclic) bond motifs is 1. The van der Waals surface area contributed by atoms with E-state index in [2.05, 4.69) is 21.2 Å². The summed E-state index contributed by atoms with van der Waals surface area (Å²) in [5.41, 5.74) is 1.78. The molecule has 0 aliphatic rings. The molecule has 0 radical (unpaired) electrons. The number of carbonyl (C=O) groups excluding carboxylic acids is 2. The molecule has 0 saturated heterocycles. The molecule has 184 valence electrons. The van der Waals surface area contributed by atoms with Gasteiger partial charge in [-0.3, -0.25) is 9.59 Å². The molecule has 0 aliphatic heterocycles. The highest BCUT2D eigenvalue weighted by Gasteiger charge is 2.30. The lowest BCUT2D eigenvalue weighted by Gasteiger charge is -2.31. The monoisotopic (exact) mass is 564 g/mol. The molecule has 1 N–H and O–H groups in total. The molecule has 4 aromatic rings. The molecule has 4 aromatic carbocycles. The third-order valence-electron chi connectivity index (χ3n) is 5.94. The maximum absolute atomic E-state index is 13.6. The Bertz CT molecular complexity index is 1360. The average molecular weight is 566 g/mol. The van der Waals surface area contributed by atoms with Crippen molar-refractivity contribution in [3.05, 3.63) is 112 Å². The van der Waals surface area contributed by atoms with Crippen molar-refractivity contribution in [3.8, 4) is 5.75 Å². The Morgan fingerprint density at radius 1 is 0.944 bits per heavy atom. The average Bonchev–Trinajstić information content (AvgIpc) is 2.90. The van der Waals surface area contributed by atoms with Gasteiger partial charge >= 0.3 is 0 Å². The Labute approximate surface area is 224 Å². The molecular weight excluding hydrogens is 540 g/mol. The molecule has 1 unspecified atom stereocenters. The minimum absolute atomic E-state index is 0.215. The zero-order chi connectivity index (χ0) is 25.5. The van der Waals surface area contributed by atoms with Gasteiger partial charge < -0.3 is 15.0 Å². The highest BCUT2D eigenvalue weighted by molar-refractivity contribution is 9.10. The fraction of sp³-hybridized carbons (Fsp3) is 0.172. The van der Waals surface area contributed by atoms with Crippen molar-refractivity contribution in [1.29, 1.82) is 0 Å². The number of likely N-dealkylation sites (N-methyl/N-ethyl adjacent to an activating group) is 1. The topological polar surface area (TPSA) is 58.6 Å². The Hall–Kier alpha value is -3.35. The van der Waals surface area contributed by atoms with Crippen LogP contribution < -0.4 is 10.1 Å². The summed E-state index contributed by atoms with van der Waals surface area (Å²) < 4.78 is 6.75. The van der Waals surface area contributed by atoms with E-state index >= 15 is 0 Å². The molecule has 36 heavy (non-hydrogen) atoms. The quantitative estimate of drug-likeness (QED) is 0.270. The van der Waals surface area contributed by atoms with Crippen molar-refractivity contribution in [1.82, 2.24) is 10.2 Å². The van der Waals surface area contributed by atoms with Crippen molar-refractivity contribution >= 4 is 50.1 Å². The second-order valence-electron chi connectivity index (χ2n) is 8.36. The van der Waals surface area contributed by atoms with Crippen LogP contribution in [0.25, 0.3) is 10.8 Å². The van der Waals surface area contributed by atoms with Crippen LogP contribution in [0.15, 0.2) is 95.5 Å². The number of nitrogens with zero attached hydrogens (tertiary/aromatic N) is 1. The molecule has 0 saturated carbocycles. The smallest absolute Gasteiger partial charge is 0.261 e. The lowest BCUT2D eigenvalue weighted by Crippen LogP contribution is -2.51. The number of ether oxygens (including phenoxy) is 1. The Balaban J connectivity index is 1.62.